The Hall–Kier alpha value is -1.54. The van der Waals surface area contributed by atoms with Crippen molar-refractivity contribution in [1.29, 1.82) is 0 Å². The zero-order chi connectivity index (χ0) is 13.9. The largest absolute Gasteiger partial charge is 0.406 e. The van der Waals surface area contributed by atoms with E-state index in [1.165, 1.54) is 6.07 Å². The Morgan fingerprint density at radius 3 is 2.67 bits per heavy atom. The van der Waals surface area contributed by atoms with Gasteiger partial charge in [0.25, 0.3) is 5.91 Å². The van der Waals surface area contributed by atoms with Crippen LogP contribution in [-0.4, -0.2) is 35.6 Å². The number of pyridine rings is 1. The smallest absolute Gasteiger partial charge is 0.333 e. The molecule has 0 aliphatic rings. The van der Waals surface area contributed by atoms with Crippen LogP contribution in [0.3, 0.4) is 0 Å². The number of hydrogen-bond donors (Lipinski definition) is 2. The number of alkyl halides is 3. The molecule has 1 aromatic rings. The number of aromatic nitrogens is 1. The third-order valence-corrected chi connectivity index (χ3v) is 2.15. The lowest BCUT2D eigenvalue weighted by Gasteiger charge is -2.19. The normalized spacial score (nSPS) is 11.2. The van der Waals surface area contributed by atoms with Crippen molar-refractivity contribution in [2.75, 3.05) is 19.0 Å². The quantitative estimate of drug-likeness (QED) is 0.502. The highest BCUT2D eigenvalue weighted by Crippen LogP contribution is 2.19. The number of anilines is 1. The Labute approximate surface area is 106 Å². The number of hydrazine groups is 1. The number of nitrogens with zero attached hydrogens (tertiary/aromatic N) is 2. The molecule has 0 saturated carbocycles. The molecule has 0 aliphatic carbocycles. The minimum Gasteiger partial charge on any atom is -0.333 e. The van der Waals surface area contributed by atoms with E-state index in [1.807, 2.05) is 0 Å². The fourth-order valence-electron chi connectivity index (χ4n) is 1.26. The number of carbonyl (C=O) groups excluding carboxylic acids is 1. The Kier molecular flexibility index (Phi) is 4.36. The van der Waals surface area contributed by atoms with Crippen LogP contribution in [0.1, 0.15) is 10.4 Å². The molecular weight excluding hydrogens is 273 g/mol. The van der Waals surface area contributed by atoms with Crippen LogP contribution in [0.25, 0.3) is 0 Å². The summed E-state index contributed by atoms with van der Waals surface area (Å²) < 4.78 is 36.4. The molecule has 5 nitrogen and oxygen atoms in total. The van der Waals surface area contributed by atoms with E-state index in [0.717, 1.165) is 13.1 Å². The number of nitrogens with two attached hydrogens (primary N) is 1. The van der Waals surface area contributed by atoms with E-state index >= 15 is 0 Å². The van der Waals surface area contributed by atoms with Crippen molar-refractivity contribution in [3.05, 3.63) is 22.8 Å². The van der Waals surface area contributed by atoms with Crippen molar-refractivity contribution in [1.82, 2.24) is 9.88 Å². The first-order valence-corrected chi connectivity index (χ1v) is 5.07. The van der Waals surface area contributed by atoms with Crippen molar-refractivity contribution in [3.8, 4) is 0 Å². The second kappa shape index (κ2) is 5.40. The topological polar surface area (TPSA) is 71.2 Å². The zero-order valence-electron chi connectivity index (χ0n) is 9.25. The Bertz CT molecular complexity index is 452. The molecular formula is C9H10ClF3N4O. The summed E-state index contributed by atoms with van der Waals surface area (Å²) in [5.74, 6) is 4.35. The zero-order valence-corrected chi connectivity index (χ0v) is 10.0. The number of carbonyl (C=O) groups is 1. The van der Waals surface area contributed by atoms with Crippen molar-refractivity contribution in [2.24, 2.45) is 5.84 Å². The molecule has 1 heterocycles. The van der Waals surface area contributed by atoms with Gasteiger partial charge in [0.15, 0.2) is 0 Å². The van der Waals surface area contributed by atoms with Gasteiger partial charge in [-0.1, -0.05) is 11.6 Å². The highest BCUT2D eigenvalue weighted by Gasteiger charge is 2.31. The van der Waals surface area contributed by atoms with Crippen molar-refractivity contribution < 1.29 is 18.0 Å². The molecule has 100 valence electrons. The lowest BCUT2D eigenvalue weighted by molar-refractivity contribution is -0.138. The molecule has 0 aromatic carbocycles. The van der Waals surface area contributed by atoms with Crippen molar-refractivity contribution >= 4 is 23.3 Å². The monoisotopic (exact) mass is 282 g/mol. The molecule has 0 radical (unpaired) electrons. The standard InChI is InChI=1S/C9H10ClF3N4O/c1-17(4-9(11,12)13)8(18)5-2-6(10)15-7(3-5)16-14/h2-3H,4,14H2,1H3,(H,15,16). The van der Waals surface area contributed by atoms with E-state index in [0.29, 0.717) is 4.90 Å². The van der Waals surface area contributed by atoms with Crippen LogP contribution >= 0.6 is 11.6 Å². The third kappa shape index (κ3) is 4.04. The predicted molar refractivity (Wildman–Crippen MR) is 60.1 cm³/mol. The first kappa shape index (κ1) is 14.5. The summed E-state index contributed by atoms with van der Waals surface area (Å²) in [6.07, 6.45) is -4.46. The van der Waals surface area contributed by atoms with Crippen LogP contribution in [0, 0.1) is 0 Å². The van der Waals surface area contributed by atoms with Gasteiger partial charge in [-0.05, 0) is 12.1 Å². The first-order chi connectivity index (χ1) is 8.23. The van der Waals surface area contributed by atoms with Gasteiger partial charge in [0.1, 0.15) is 17.5 Å². The van der Waals surface area contributed by atoms with Gasteiger partial charge in [0, 0.05) is 12.6 Å². The molecule has 3 N–H and O–H groups in total. The fraction of sp³-hybridized carbons (Fsp3) is 0.333. The van der Waals surface area contributed by atoms with E-state index in [-0.39, 0.29) is 16.5 Å². The molecule has 0 saturated heterocycles. The Balaban J connectivity index is 2.93. The van der Waals surface area contributed by atoms with Crippen LogP contribution in [0.2, 0.25) is 5.15 Å². The minimum atomic E-state index is -4.46. The van der Waals surface area contributed by atoms with Crippen LogP contribution < -0.4 is 11.3 Å². The van der Waals surface area contributed by atoms with Gasteiger partial charge < -0.3 is 10.3 Å². The molecule has 0 spiro atoms. The van der Waals surface area contributed by atoms with Gasteiger partial charge >= 0.3 is 6.18 Å². The molecule has 0 bridgehead atoms. The first-order valence-electron chi connectivity index (χ1n) is 4.69. The molecule has 0 fully saturated rings. The third-order valence-electron chi connectivity index (χ3n) is 1.95. The van der Waals surface area contributed by atoms with Gasteiger partial charge in [0.05, 0.1) is 0 Å². The molecule has 1 rings (SSSR count). The van der Waals surface area contributed by atoms with E-state index in [1.54, 1.807) is 0 Å². The maximum atomic E-state index is 12.1. The summed E-state index contributed by atoms with van der Waals surface area (Å²) >= 11 is 5.61. The number of hydrogen-bond acceptors (Lipinski definition) is 4. The Morgan fingerprint density at radius 2 is 2.17 bits per heavy atom. The molecule has 18 heavy (non-hydrogen) atoms. The van der Waals surface area contributed by atoms with Gasteiger partial charge in [-0.2, -0.15) is 13.2 Å². The summed E-state index contributed by atoms with van der Waals surface area (Å²) in [5.41, 5.74) is 2.13. The van der Waals surface area contributed by atoms with Gasteiger partial charge in [-0.25, -0.2) is 10.8 Å². The van der Waals surface area contributed by atoms with Crippen LogP contribution in [-0.2, 0) is 0 Å². The molecule has 9 heteroatoms. The van der Waals surface area contributed by atoms with Crippen LogP contribution in [0.5, 0.6) is 0 Å². The van der Waals surface area contributed by atoms with E-state index < -0.39 is 18.6 Å². The number of halogens is 4. The molecule has 1 aromatic heterocycles. The maximum Gasteiger partial charge on any atom is 0.406 e. The summed E-state index contributed by atoms with van der Waals surface area (Å²) in [7, 11) is 1.04. The summed E-state index contributed by atoms with van der Waals surface area (Å²) in [6, 6.07) is 2.37. The van der Waals surface area contributed by atoms with Crippen molar-refractivity contribution in [3.63, 3.8) is 0 Å². The summed E-state index contributed by atoms with van der Waals surface area (Å²) in [6.45, 7) is -1.35. The number of nitrogens with one attached hydrogen (secondary N) is 1. The van der Waals surface area contributed by atoms with Gasteiger partial charge in [-0.3, -0.25) is 4.79 Å². The number of amides is 1. The van der Waals surface area contributed by atoms with E-state index in [2.05, 4.69) is 10.4 Å². The van der Waals surface area contributed by atoms with E-state index in [9.17, 15) is 18.0 Å². The molecule has 0 atom stereocenters. The maximum absolute atomic E-state index is 12.1. The number of rotatable bonds is 3. The van der Waals surface area contributed by atoms with Crippen molar-refractivity contribution in [2.45, 2.75) is 6.18 Å². The second-order valence-corrected chi connectivity index (χ2v) is 3.87. The highest BCUT2D eigenvalue weighted by molar-refractivity contribution is 6.29. The van der Waals surface area contributed by atoms with Gasteiger partial charge in [0.2, 0.25) is 0 Å². The lowest BCUT2D eigenvalue weighted by Crippen LogP contribution is -2.35. The lowest BCUT2D eigenvalue weighted by atomic mass is 10.2. The van der Waals surface area contributed by atoms with Crippen LogP contribution in [0.4, 0.5) is 19.0 Å². The Morgan fingerprint density at radius 1 is 1.56 bits per heavy atom. The minimum absolute atomic E-state index is 0.0327. The highest BCUT2D eigenvalue weighted by atomic mass is 35.5. The molecule has 0 unspecified atom stereocenters. The molecule has 0 aliphatic heterocycles. The van der Waals surface area contributed by atoms with E-state index in [4.69, 9.17) is 17.4 Å². The average Bonchev–Trinajstić information content (AvgIpc) is 2.24. The average molecular weight is 283 g/mol. The van der Waals surface area contributed by atoms with Crippen LogP contribution in [0.15, 0.2) is 12.1 Å². The predicted octanol–water partition coefficient (Wildman–Crippen LogP) is 1.65. The fourth-order valence-corrected chi connectivity index (χ4v) is 1.46. The molecule has 1 amide bonds. The SMILES string of the molecule is CN(CC(F)(F)F)C(=O)c1cc(Cl)nc(NN)c1. The summed E-state index contributed by atoms with van der Waals surface area (Å²) in [5, 5.41) is -0.0470. The second-order valence-electron chi connectivity index (χ2n) is 3.48. The summed E-state index contributed by atoms with van der Waals surface area (Å²) in [4.78, 5) is 16.0. The number of nitrogen functional groups attached to an aromatic ring is 1. The van der Waals surface area contributed by atoms with Gasteiger partial charge in [-0.15, -0.1) is 0 Å².